The molecule has 1 unspecified atom stereocenters. The molecule has 0 aliphatic heterocycles. The highest BCUT2D eigenvalue weighted by Crippen LogP contribution is 2.57. The molecule has 0 aromatic carbocycles. The smallest absolute Gasteiger partial charge is 0.134 e. The second kappa shape index (κ2) is 1.82. The quantitative estimate of drug-likeness (QED) is 0.583. The molecule has 0 radical (unpaired) electrons. The van der Waals surface area contributed by atoms with Gasteiger partial charge >= 0.3 is 0 Å². The molecular weight excluding hydrogens is 128 g/mol. The predicted molar refractivity (Wildman–Crippen MR) is 36.5 cm³/mol. The Labute approximate surface area is 60.2 Å². The molecule has 10 heavy (non-hydrogen) atoms. The van der Waals surface area contributed by atoms with E-state index in [1.54, 1.807) is 0 Å². The van der Waals surface area contributed by atoms with Gasteiger partial charge in [0, 0.05) is 19.4 Å². The zero-order chi connectivity index (χ0) is 7.19. The first-order chi connectivity index (χ1) is 4.77. The summed E-state index contributed by atoms with van der Waals surface area (Å²) in [5.41, 5.74) is 0.284. The summed E-state index contributed by atoms with van der Waals surface area (Å²) in [7, 11) is 0. The molecule has 2 saturated carbocycles. The second-order valence-corrected chi connectivity index (χ2v) is 3.67. The fourth-order valence-corrected chi connectivity index (χ4v) is 2.24. The highest BCUT2D eigenvalue weighted by Gasteiger charge is 2.54. The van der Waals surface area contributed by atoms with Crippen LogP contribution in [0.3, 0.4) is 0 Å². The predicted octanol–water partition coefficient (Wildman–Crippen LogP) is 0.738. The minimum absolute atomic E-state index is 0.284. The van der Waals surface area contributed by atoms with Gasteiger partial charge in [-0.2, -0.15) is 0 Å². The van der Waals surface area contributed by atoms with E-state index in [2.05, 4.69) is 0 Å². The summed E-state index contributed by atoms with van der Waals surface area (Å²) in [6.45, 7) is 0.285. The molecule has 0 aromatic rings. The van der Waals surface area contributed by atoms with Crippen molar-refractivity contribution in [2.45, 2.75) is 25.7 Å². The van der Waals surface area contributed by atoms with Gasteiger partial charge in [0.15, 0.2) is 0 Å². The summed E-state index contributed by atoms with van der Waals surface area (Å²) in [5.74, 6) is 0.836. The van der Waals surface area contributed by atoms with E-state index >= 15 is 0 Å². The lowest BCUT2D eigenvalue weighted by Crippen LogP contribution is -2.51. The molecule has 2 fully saturated rings. The molecule has 0 bridgehead atoms. The SMILES string of the molecule is O=C1CC2(CCC2CO)C1. The van der Waals surface area contributed by atoms with Crippen LogP contribution in [-0.4, -0.2) is 17.5 Å². The van der Waals surface area contributed by atoms with Crippen molar-refractivity contribution in [1.29, 1.82) is 0 Å². The van der Waals surface area contributed by atoms with E-state index in [1.807, 2.05) is 0 Å². The number of aliphatic hydroxyl groups is 1. The fourth-order valence-electron chi connectivity index (χ4n) is 2.24. The number of hydrogen-bond acceptors (Lipinski definition) is 2. The molecule has 2 aliphatic rings. The van der Waals surface area contributed by atoms with E-state index in [0.29, 0.717) is 11.7 Å². The second-order valence-electron chi connectivity index (χ2n) is 3.67. The van der Waals surface area contributed by atoms with Crippen LogP contribution < -0.4 is 0 Å². The van der Waals surface area contributed by atoms with Gasteiger partial charge in [-0.05, 0) is 24.2 Å². The van der Waals surface area contributed by atoms with Gasteiger partial charge in [0.1, 0.15) is 5.78 Å². The topological polar surface area (TPSA) is 37.3 Å². The van der Waals surface area contributed by atoms with Crippen molar-refractivity contribution < 1.29 is 9.90 Å². The maximum Gasteiger partial charge on any atom is 0.134 e. The molecular formula is C8H12O2. The normalized spacial score (nSPS) is 35.3. The Balaban J connectivity index is 1.99. The average Bonchev–Trinajstić information content (AvgIpc) is 1.79. The number of ketones is 1. The fraction of sp³-hybridized carbons (Fsp3) is 0.875. The summed E-state index contributed by atoms with van der Waals surface area (Å²) in [6.07, 6.45) is 3.80. The molecule has 0 amide bonds. The highest BCUT2D eigenvalue weighted by molar-refractivity contribution is 5.86. The molecule has 1 spiro atoms. The van der Waals surface area contributed by atoms with Gasteiger partial charge < -0.3 is 5.11 Å². The maximum absolute atomic E-state index is 10.7. The van der Waals surface area contributed by atoms with Gasteiger partial charge in [0.25, 0.3) is 0 Å². The number of aliphatic hydroxyl groups excluding tert-OH is 1. The minimum Gasteiger partial charge on any atom is -0.396 e. The van der Waals surface area contributed by atoms with E-state index in [0.717, 1.165) is 19.3 Å². The van der Waals surface area contributed by atoms with Crippen molar-refractivity contribution in [3.8, 4) is 0 Å². The third-order valence-electron chi connectivity index (χ3n) is 3.18. The van der Waals surface area contributed by atoms with Crippen LogP contribution in [0.15, 0.2) is 0 Å². The molecule has 2 heteroatoms. The molecule has 2 aliphatic carbocycles. The Bertz CT molecular complexity index is 164. The van der Waals surface area contributed by atoms with Gasteiger partial charge in [-0.3, -0.25) is 4.79 Å². The van der Waals surface area contributed by atoms with Crippen LogP contribution in [-0.2, 0) is 4.79 Å². The number of rotatable bonds is 1. The molecule has 1 atom stereocenters. The van der Waals surface area contributed by atoms with Crippen molar-refractivity contribution in [1.82, 2.24) is 0 Å². The molecule has 56 valence electrons. The van der Waals surface area contributed by atoms with Gasteiger partial charge in [-0.25, -0.2) is 0 Å². The van der Waals surface area contributed by atoms with E-state index in [-0.39, 0.29) is 12.0 Å². The summed E-state index contributed by atoms with van der Waals surface area (Å²) < 4.78 is 0. The largest absolute Gasteiger partial charge is 0.396 e. The van der Waals surface area contributed by atoms with E-state index in [9.17, 15) is 4.79 Å². The van der Waals surface area contributed by atoms with Crippen LogP contribution >= 0.6 is 0 Å². The molecule has 2 nitrogen and oxygen atoms in total. The minimum atomic E-state index is 0.284. The Morgan fingerprint density at radius 1 is 1.60 bits per heavy atom. The van der Waals surface area contributed by atoms with Crippen LogP contribution in [0.4, 0.5) is 0 Å². The van der Waals surface area contributed by atoms with Crippen molar-refractivity contribution in [3.63, 3.8) is 0 Å². The number of Topliss-reactive ketones (excluding diaryl/α,β-unsaturated/α-hetero) is 1. The monoisotopic (exact) mass is 140 g/mol. The molecule has 1 N–H and O–H groups in total. The third-order valence-corrected chi connectivity index (χ3v) is 3.18. The van der Waals surface area contributed by atoms with E-state index in [1.165, 1.54) is 6.42 Å². The van der Waals surface area contributed by atoms with Crippen molar-refractivity contribution in [2.75, 3.05) is 6.61 Å². The number of carbonyl (C=O) groups excluding carboxylic acids is 1. The van der Waals surface area contributed by atoms with Gasteiger partial charge in [-0.1, -0.05) is 0 Å². The number of carbonyl (C=O) groups is 1. The van der Waals surface area contributed by atoms with Crippen molar-refractivity contribution >= 4 is 5.78 Å². The Morgan fingerprint density at radius 2 is 2.30 bits per heavy atom. The summed E-state index contributed by atoms with van der Waals surface area (Å²) in [6, 6.07) is 0. The van der Waals surface area contributed by atoms with Gasteiger partial charge in [0.2, 0.25) is 0 Å². The molecule has 0 heterocycles. The van der Waals surface area contributed by atoms with E-state index < -0.39 is 0 Å². The summed E-state index contributed by atoms with van der Waals surface area (Å²) in [4.78, 5) is 10.7. The highest BCUT2D eigenvalue weighted by atomic mass is 16.3. The lowest BCUT2D eigenvalue weighted by Gasteiger charge is -2.54. The zero-order valence-electron chi connectivity index (χ0n) is 5.97. The van der Waals surface area contributed by atoms with Crippen LogP contribution in [0, 0.1) is 11.3 Å². The average molecular weight is 140 g/mol. The van der Waals surface area contributed by atoms with Crippen molar-refractivity contribution in [3.05, 3.63) is 0 Å². The Kier molecular flexibility index (Phi) is 1.15. The summed E-state index contributed by atoms with van der Waals surface area (Å²) >= 11 is 0. The third kappa shape index (κ3) is 0.601. The Morgan fingerprint density at radius 3 is 2.60 bits per heavy atom. The first kappa shape index (κ1) is 6.35. The number of hydrogen-bond donors (Lipinski definition) is 1. The molecule has 0 aromatic heterocycles. The van der Waals surface area contributed by atoms with Crippen LogP contribution in [0.1, 0.15) is 25.7 Å². The van der Waals surface area contributed by atoms with Gasteiger partial charge in [0.05, 0.1) is 0 Å². The first-order valence-corrected chi connectivity index (χ1v) is 3.89. The Hall–Kier alpha value is -0.370. The van der Waals surface area contributed by atoms with Gasteiger partial charge in [-0.15, -0.1) is 0 Å². The zero-order valence-corrected chi connectivity index (χ0v) is 5.97. The maximum atomic E-state index is 10.7. The van der Waals surface area contributed by atoms with E-state index in [4.69, 9.17) is 5.11 Å². The van der Waals surface area contributed by atoms with Crippen LogP contribution in [0.25, 0.3) is 0 Å². The van der Waals surface area contributed by atoms with Crippen LogP contribution in [0.2, 0.25) is 0 Å². The molecule has 2 rings (SSSR count). The van der Waals surface area contributed by atoms with Crippen LogP contribution in [0.5, 0.6) is 0 Å². The summed E-state index contributed by atoms with van der Waals surface area (Å²) in [5, 5.41) is 8.86. The van der Waals surface area contributed by atoms with Crippen molar-refractivity contribution in [2.24, 2.45) is 11.3 Å². The lowest BCUT2D eigenvalue weighted by molar-refractivity contribution is -0.148. The molecule has 0 saturated heterocycles. The lowest BCUT2D eigenvalue weighted by atomic mass is 9.49. The standard InChI is InChI=1S/C8H12O2/c9-5-6-1-2-8(6)3-7(10)4-8/h6,9H,1-5H2. The first-order valence-electron chi connectivity index (χ1n) is 3.89.